The Labute approximate surface area is 133 Å². The van der Waals surface area contributed by atoms with Gasteiger partial charge in [0, 0.05) is 22.3 Å². The van der Waals surface area contributed by atoms with Gasteiger partial charge in [0.2, 0.25) is 0 Å². The highest BCUT2D eigenvalue weighted by Crippen LogP contribution is 2.40. The number of carbonyl (C=O) groups excluding carboxylic acids is 1. The van der Waals surface area contributed by atoms with Crippen LogP contribution in [-0.2, 0) is 4.74 Å². The summed E-state index contributed by atoms with van der Waals surface area (Å²) in [5.74, 6) is 0.745. The van der Waals surface area contributed by atoms with Crippen LogP contribution in [0, 0.1) is 0 Å². The predicted octanol–water partition coefficient (Wildman–Crippen LogP) is 4.64. The van der Waals surface area contributed by atoms with Crippen molar-refractivity contribution in [3.05, 3.63) is 52.1 Å². The Morgan fingerprint density at radius 2 is 2.00 bits per heavy atom. The fourth-order valence-corrected chi connectivity index (χ4v) is 3.16. The van der Waals surface area contributed by atoms with Gasteiger partial charge in [-0.05, 0) is 30.3 Å². The van der Waals surface area contributed by atoms with Crippen molar-refractivity contribution in [1.29, 1.82) is 0 Å². The van der Waals surface area contributed by atoms with E-state index in [1.807, 2.05) is 30.3 Å². The highest BCUT2D eigenvalue weighted by Gasteiger charge is 2.21. The lowest BCUT2D eigenvalue weighted by molar-refractivity contribution is 0.0604. The van der Waals surface area contributed by atoms with Crippen molar-refractivity contribution < 1.29 is 14.3 Å². The van der Waals surface area contributed by atoms with Gasteiger partial charge in [-0.3, -0.25) is 4.98 Å². The molecule has 0 radical (unpaired) electrons. The van der Waals surface area contributed by atoms with Crippen LogP contribution in [0.4, 0.5) is 0 Å². The number of pyridine rings is 1. The number of aromatic nitrogens is 1. The lowest BCUT2D eigenvalue weighted by atomic mass is 10.2. The van der Waals surface area contributed by atoms with E-state index < -0.39 is 5.97 Å². The zero-order chi connectivity index (χ0) is 14.8. The van der Waals surface area contributed by atoms with Crippen molar-refractivity contribution >= 4 is 43.3 Å². The average molecular weight is 364 g/mol. The zero-order valence-electron chi connectivity index (χ0n) is 11.0. The summed E-state index contributed by atoms with van der Waals surface area (Å²) >= 11 is 4.68. The SMILES string of the molecule is COC(=O)c1sc2cnccc2c1Oc1ccc(Br)cc1. The highest BCUT2D eigenvalue weighted by atomic mass is 79.9. The standard InChI is InChI=1S/C15H10BrNO3S/c1-19-15(18)14-13(11-6-7-17-8-12(11)21-14)20-10-4-2-9(16)3-5-10/h2-8H,1H3. The molecule has 6 heteroatoms. The van der Waals surface area contributed by atoms with E-state index >= 15 is 0 Å². The van der Waals surface area contributed by atoms with Crippen molar-refractivity contribution in [1.82, 2.24) is 4.98 Å². The summed E-state index contributed by atoms with van der Waals surface area (Å²) in [4.78, 5) is 16.4. The molecule has 0 aliphatic heterocycles. The van der Waals surface area contributed by atoms with Crippen molar-refractivity contribution in [3.8, 4) is 11.5 Å². The van der Waals surface area contributed by atoms with Crippen molar-refractivity contribution in [3.63, 3.8) is 0 Å². The van der Waals surface area contributed by atoms with E-state index in [0.717, 1.165) is 14.6 Å². The minimum atomic E-state index is -0.414. The molecule has 0 atom stereocenters. The van der Waals surface area contributed by atoms with Gasteiger partial charge >= 0.3 is 5.97 Å². The summed E-state index contributed by atoms with van der Waals surface area (Å²) in [6, 6.07) is 9.24. The summed E-state index contributed by atoms with van der Waals surface area (Å²) in [7, 11) is 1.36. The van der Waals surface area contributed by atoms with Crippen molar-refractivity contribution in [2.75, 3.05) is 7.11 Å². The average Bonchev–Trinajstić information content (AvgIpc) is 2.88. The Bertz CT molecular complexity index is 798. The Balaban J connectivity index is 2.10. The van der Waals surface area contributed by atoms with Crippen LogP contribution >= 0.6 is 27.3 Å². The van der Waals surface area contributed by atoms with Crippen LogP contribution in [0.25, 0.3) is 10.1 Å². The normalized spacial score (nSPS) is 10.6. The molecule has 2 aromatic heterocycles. The topological polar surface area (TPSA) is 48.4 Å². The monoisotopic (exact) mass is 363 g/mol. The Kier molecular flexibility index (Phi) is 3.90. The number of hydrogen-bond acceptors (Lipinski definition) is 5. The molecule has 0 spiro atoms. The van der Waals surface area contributed by atoms with Crippen molar-refractivity contribution in [2.24, 2.45) is 0 Å². The maximum absolute atomic E-state index is 11.9. The summed E-state index contributed by atoms with van der Waals surface area (Å²) in [5, 5.41) is 0.846. The summed E-state index contributed by atoms with van der Waals surface area (Å²) in [6.45, 7) is 0. The fourth-order valence-electron chi connectivity index (χ4n) is 1.88. The van der Waals surface area contributed by atoms with E-state index in [1.165, 1.54) is 18.4 Å². The number of nitrogens with zero attached hydrogens (tertiary/aromatic N) is 1. The van der Waals surface area contributed by atoms with Gasteiger partial charge < -0.3 is 9.47 Å². The van der Waals surface area contributed by atoms with Crippen LogP contribution in [-0.4, -0.2) is 18.1 Å². The lowest BCUT2D eigenvalue weighted by Crippen LogP contribution is -2.00. The molecule has 0 unspecified atom stereocenters. The minimum Gasteiger partial charge on any atom is -0.465 e. The first-order valence-electron chi connectivity index (χ1n) is 6.07. The zero-order valence-corrected chi connectivity index (χ0v) is 13.4. The van der Waals surface area contributed by atoms with Crippen LogP contribution in [0.2, 0.25) is 0 Å². The van der Waals surface area contributed by atoms with Crippen LogP contribution in [0.15, 0.2) is 47.2 Å². The predicted molar refractivity (Wildman–Crippen MR) is 85.2 cm³/mol. The minimum absolute atomic E-state index is 0.414. The quantitative estimate of drug-likeness (QED) is 0.636. The number of ether oxygens (including phenoxy) is 2. The molecule has 0 aliphatic carbocycles. The third-order valence-electron chi connectivity index (χ3n) is 2.85. The maximum atomic E-state index is 11.9. The van der Waals surface area contributed by atoms with Crippen LogP contribution in [0.3, 0.4) is 0 Å². The van der Waals surface area contributed by atoms with Gasteiger partial charge in [0.25, 0.3) is 0 Å². The molecule has 0 saturated carbocycles. The Morgan fingerprint density at radius 3 is 2.71 bits per heavy atom. The third kappa shape index (κ3) is 2.77. The van der Waals surface area contributed by atoms with Gasteiger partial charge in [-0.1, -0.05) is 15.9 Å². The Morgan fingerprint density at radius 1 is 1.24 bits per heavy atom. The van der Waals surface area contributed by atoms with Crippen LogP contribution in [0.1, 0.15) is 9.67 Å². The number of thiophene rings is 1. The van der Waals surface area contributed by atoms with Gasteiger partial charge in [0.15, 0.2) is 10.6 Å². The molecule has 4 nitrogen and oxygen atoms in total. The van der Waals surface area contributed by atoms with Crippen molar-refractivity contribution in [2.45, 2.75) is 0 Å². The molecule has 21 heavy (non-hydrogen) atoms. The number of esters is 1. The Hall–Kier alpha value is -1.92. The number of methoxy groups -OCH3 is 1. The van der Waals surface area contributed by atoms with Crippen LogP contribution in [0.5, 0.6) is 11.5 Å². The molecular formula is C15H10BrNO3S. The third-order valence-corrected chi connectivity index (χ3v) is 4.48. The van der Waals surface area contributed by atoms with Gasteiger partial charge in [-0.25, -0.2) is 4.79 Å². The van der Waals surface area contributed by atoms with Gasteiger partial charge in [-0.15, -0.1) is 11.3 Å². The lowest BCUT2D eigenvalue weighted by Gasteiger charge is -2.07. The summed E-state index contributed by atoms with van der Waals surface area (Å²) in [5.41, 5.74) is 0. The summed E-state index contributed by atoms with van der Waals surface area (Å²) < 4.78 is 12.6. The van der Waals surface area contributed by atoms with Gasteiger partial charge in [-0.2, -0.15) is 0 Å². The van der Waals surface area contributed by atoms with Gasteiger partial charge in [0.1, 0.15) is 5.75 Å². The van der Waals surface area contributed by atoms with E-state index in [-0.39, 0.29) is 0 Å². The van der Waals surface area contributed by atoms with E-state index in [1.54, 1.807) is 12.4 Å². The summed E-state index contributed by atoms with van der Waals surface area (Å²) in [6.07, 6.45) is 3.38. The number of rotatable bonds is 3. The van der Waals surface area contributed by atoms with E-state index in [4.69, 9.17) is 9.47 Å². The molecule has 0 saturated heterocycles. The highest BCUT2D eigenvalue weighted by molar-refractivity contribution is 9.10. The molecule has 0 N–H and O–H groups in total. The molecule has 3 rings (SSSR count). The fraction of sp³-hybridized carbons (Fsp3) is 0.0667. The van der Waals surface area contributed by atoms with E-state index in [9.17, 15) is 4.79 Å². The molecule has 0 aliphatic rings. The number of carbonyl (C=O) groups is 1. The molecule has 1 aromatic carbocycles. The second-order valence-electron chi connectivity index (χ2n) is 4.18. The first-order valence-corrected chi connectivity index (χ1v) is 7.68. The molecule has 3 aromatic rings. The first-order chi connectivity index (χ1) is 10.2. The second-order valence-corrected chi connectivity index (χ2v) is 6.15. The molecule has 0 amide bonds. The molecule has 106 valence electrons. The van der Waals surface area contributed by atoms with Crippen LogP contribution < -0.4 is 4.74 Å². The molecule has 0 bridgehead atoms. The maximum Gasteiger partial charge on any atom is 0.351 e. The number of fused-ring (bicyclic) bond motifs is 1. The largest absolute Gasteiger partial charge is 0.465 e. The number of benzene rings is 1. The van der Waals surface area contributed by atoms with E-state index in [2.05, 4.69) is 20.9 Å². The molecule has 0 fully saturated rings. The molecule has 2 heterocycles. The van der Waals surface area contributed by atoms with E-state index in [0.29, 0.717) is 16.4 Å². The number of hydrogen-bond donors (Lipinski definition) is 0. The second kappa shape index (κ2) is 5.83. The first kappa shape index (κ1) is 14.0. The van der Waals surface area contributed by atoms with Gasteiger partial charge in [0.05, 0.1) is 11.8 Å². The smallest absolute Gasteiger partial charge is 0.351 e. The molecular weight excluding hydrogens is 354 g/mol. The number of halogens is 1.